The van der Waals surface area contributed by atoms with E-state index >= 15 is 0 Å². The maximum atomic E-state index is 11.6. The van der Waals surface area contributed by atoms with E-state index in [4.69, 9.17) is 4.74 Å². The van der Waals surface area contributed by atoms with Crippen molar-refractivity contribution in [3.05, 3.63) is 52.0 Å². The number of esters is 1. The molecule has 1 aromatic carbocycles. The molecule has 0 spiro atoms. The van der Waals surface area contributed by atoms with Gasteiger partial charge in [-0.1, -0.05) is 30.3 Å². The molecule has 1 heterocycles. The lowest BCUT2D eigenvalue weighted by Gasteiger charge is -2.22. The second kappa shape index (κ2) is 5.53. The highest BCUT2D eigenvalue weighted by molar-refractivity contribution is 7.10. The molecule has 0 unspecified atom stereocenters. The minimum atomic E-state index is -0.353. The van der Waals surface area contributed by atoms with E-state index in [0.29, 0.717) is 12.3 Å². The molecule has 3 nitrogen and oxygen atoms in total. The van der Waals surface area contributed by atoms with Gasteiger partial charge in [-0.3, -0.25) is 0 Å². The van der Waals surface area contributed by atoms with E-state index in [1.54, 1.807) is 12.3 Å². The van der Waals surface area contributed by atoms with Crippen molar-refractivity contribution < 1.29 is 9.53 Å². The standard InChI is InChI=1S/C15H17NO2S/c1-4-18-13(17)12-10-19-14(16-12)15(2,3)11-8-6-5-7-9-11/h5-10H,4H2,1-3H3. The third-order valence-corrected chi connectivity index (χ3v) is 4.18. The second-order valence-electron chi connectivity index (χ2n) is 4.75. The lowest BCUT2D eigenvalue weighted by Crippen LogP contribution is -2.19. The molecule has 0 aliphatic carbocycles. The van der Waals surface area contributed by atoms with Gasteiger partial charge in [0.15, 0.2) is 5.69 Å². The molecule has 0 N–H and O–H groups in total. The first-order valence-electron chi connectivity index (χ1n) is 6.24. The van der Waals surface area contributed by atoms with Crippen LogP contribution in [0.5, 0.6) is 0 Å². The van der Waals surface area contributed by atoms with Crippen LogP contribution in [-0.2, 0) is 10.2 Å². The fourth-order valence-corrected chi connectivity index (χ4v) is 2.77. The van der Waals surface area contributed by atoms with Crippen LogP contribution in [0.3, 0.4) is 0 Å². The van der Waals surface area contributed by atoms with Gasteiger partial charge in [0.05, 0.1) is 6.61 Å². The molecule has 19 heavy (non-hydrogen) atoms. The summed E-state index contributed by atoms with van der Waals surface area (Å²) in [5, 5.41) is 2.68. The number of carbonyl (C=O) groups is 1. The van der Waals surface area contributed by atoms with Gasteiger partial charge >= 0.3 is 5.97 Å². The third-order valence-electron chi connectivity index (χ3n) is 3.02. The highest BCUT2D eigenvalue weighted by atomic mass is 32.1. The molecule has 100 valence electrons. The Morgan fingerprint density at radius 3 is 2.63 bits per heavy atom. The van der Waals surface area contributed by atoms with E-state index < -0.39 is 0 Å². The summed E-state index contributed by atoms with van der Waals surface area (Å²) in [6, 6.07) is 10.2. The number of benzene rings is 1. The van der Waals surface area contributed by atoms with Gasteiger partial charge in [0.25, 0.3) is 0 Å². The van der Waals surface area contributed by atoms with Gasteiger partial charge in [-0.15, -0.1) is 11.3 Å². The van der Waals surface area contributed by atoms with Crippen LogP contribution in [0, 0.1) is 0 Å². The average Bonchev–Trinajstić information content (AvgIpc) is 2.90. The molecule has 1 aromatic heterocycles. The van der Waals surface area contributed by atoms with Crippen molar-refractivity contribution in [2.45, 2.75) is 26.2 Å². The number of rotatable bonds is 4. The Kier molecular flexibility index (Phi) is 4.00. The topological polar surface area (TPSA) is 39.2 Å². The number of nitrogens with zero attached hydrogens (tertiary/aromatic N) is 1. The average molecular weight is 275 g/mol. The Hall–Kier alpha value is -1.68. The van der Waals surface area contributed by atoms with E-state index in [1.807, 2.05) is 18.2 Å². The minimum absolute atomic E-state index is 0.212. The summed E-state index contributed by atoms with van der Waals surface area (Å²) in [4.78, 5) is 16.1. The first kappa shape index (κ1) is 13.7. The summed E-state index contributed by atoms with van der Waals surface area (Å²) in [6.45, 7) is 6.37. The van der Waals surface area contributed by atoms with Gasteiger partial charge in [0, 0.05) is 10.8 Å². The zero-order valence-corrected chi connectivity index (χ0v) is 12.2. The van der Waals surface area contributed by atoms with Crippen LogP contribution in [0.2, 0.25) is 0 Å². The van der Waals surface area contributed by atoms with Crippen LogP contribution >= 0.6 is 11.3 Å². The summed E-state index contributed by atoms with van der Waals surface area (Å²) in [5.74, 6) is -0.353. The van der Waals surface area contributed by atoms with Crippen LogP contribution < -0.4 is 0 Å². The van der Waals surface area contributed by atoms with Gasteiger partial charge in [-0.05, 0) is 26.3 Å². The van der Waals surface area contributed by atoms with Gasteiger partial charge in [-0.2, -0.15) is 0 Å². The lowest BCUT2D eigenvalue weighted by molar-refractivity contribution is 0.0520. The number of ether oxygens (including phenoxy) is 1. The molecule has 4 heteroatoms. The van der Waals surface area contributed by atoms with Crippen molar-refractivity contribution in [3.8, 4) is 0 Å². The molecule has 0 aliphatic rings. The number of carbonyl (C=O) groups excluding carboxylic acids is 1. The largest absolute Gasteiger partial charge is 0.461 e. The first-order chi connectivity index (χ1) is 9.05. The highest BCUT2D eigenvalue weighted by Crippen LogP contribution is 2.33. The normalized spacial score (nSPS) is 11.3. The maximum Gasteiger partial charge on any atom is 0.357 e. The van der Waals surface area contributed by atoms with Crippen molar-refractivity contribution in [2.75, 3.05) is 6.61 Å². The molecule has 2 rings (SSSR count). The van der Waals surface area contributed by atoms with Gasteiger partial charge < -0.3 is 4.74 Å². The van der Waals surface area contributed by atoms with Gasteiger partial charge in [0.1, 0.15) is 5.01 Å². The highest BCUT2D eigenvalue weighted by Gasteiger charge is 2.27. The molecule has 0 saturated carbocycles. The second-order valence-corrected chi connectivity index (χ2v) is 5.61. The smallest absolute Gasteiger partial charge is 0.357 e. The Bertz CT molecular complexity index is 561. The summed E-state index contributed by atoms with van der Waals surface area (Å²) in [7, 11) is 0. The lowest BCUT2D eigenvalue weighted by atomic mass is 9.85. The predicted octanol–water partition coefficient (Wildman–Crippen LogP) is 3.65. The van der Waals surface area contributed by atoms with E-state index in [9.17, 15) is 4.79 Å². The molecule has 0 fully saturated rings. The van der Waals surface area contributed by atoms with Crippen molar-refractivity contribution in [1.29, 1.82) is 0 Å². The summed E-state index contributed by atoms with van der Waals surface area (Å²) >= 11 is 1.49. The molecule has 0 amide bonds. The zero-order valence-electron chi connectivity index (χ0n) is 11.3. The fraction of sp³-hybridized carbons (Fsp3) is 0.333. The van der Waals surface area contributed by atoms with E-state index in [0.717, 1.165) is 5.01 Å². The van der Waals surface area contributed by atoms with E-state index in [1.165, 1.54) is 16.9 Å². The monoisotopic (exact) mass is 275 g/mol. The molecule has 2 aromatic rings. The van der Waals surface area contributed by atoms with Crippen molar-refractivity contribution >= 4 is 17.3 Å². The summed E-state index contributed by atoms with van der Waals surface area (Å²) < 4.78 is 4.96. The molecule has 0 saturated heterocycles. The summed E-state index contributed by atoms with van der Waals surface area (Å²) in [6.07, 6.45) is 0. The molecule has 0 aliphatic heterocycles. The van der Waals surface area contributed by atoms with Crippen LogP contribution in [0.15, 0.2) is 35.7 Å². The molecule has 0 radical (unpaired) electrons. The zero-order chi connectivity index (χ0) is 13.9. The van der Waals surface area contributed by atoms with Gasteiger partial charge in [0.2, 0.25) is 0 Å². The number of hydrogen-bond donors (Lipinski definition) is 0. The quantitative estimate of drug-likeness (QED) is 0.800. The number of hydrogen-bond acceptors (Lipinski definition) is 4. The van der Waals surface area contributed by atoms with E-state index in [-0.39, 0.29) is 11.4 Å². The Morgan fingerprint density at radius 1 is 1.32 bits per heavy atom. The van der Waals surface area contributed by atoms with Crippen LogP contribution in [0.25, 0.3) is 0 Å². The number of thiazole rings is 1. The minimum Gasteiger partial charge on any atom is -0.461 e. The van der Waals surface area contributed by atoms with Gasteiger partial charge in [-0.25, -0.2) is 9.78 Å². The SMILES string of the molecule is CCOC(=O)c1csc(C(C)(C)c2ccccc2)n1. The molecular weight excluding hydrogens is 258 g/mol. The predicted molar refractivity (Wildman–Crippen MR) is 76.6 cm³/mol. The first-order valence-corrected chi connectivity index (χ1v) is 7.12. The maximum absolute atomic E-state index is 11.6. The Balaban J connectivity index is 2.29. The van der Waals surface area contributed by atoms with Crippen LogP contribution in [-0.4, -0.2) is 17.6 Å². The molecule has 0 atom stereocenters. The van der Waals surface area contributed by atoms with Crippen LogP contribution in [0.1, 0.15) is 41.8 Å². The Labute approximate surface area is 117 Å². The Morgan fingerprint density at radius 2 is 2.00 bits per heavy atom. The molecule has 0 bridgehead atoms. The number of aromatic nitrogens is 1. The van der Waals surface area contributed by atoms with Crippen LogP contribution in [0.4, 0.5) is 0 Å². The third kappa shape index (κ3) is 2.84. The van der Waals surface area contributed by atoms with Crippen molar-refractivity contribution in [2.24, 2.45) is 0 Å². The summed E-state index contributed by atoms with van der Waals surface area (Å²) in [5.41, 5.74) is 1.36. The molecular formula is C15H17NO2S. The van der Waals surface area contributed by atoms with Crippen molar-refractivity contribution in [1.82, 2.24) is 4.98 Å². The van der Waals surface area contributed by atoms with Crippen molar-refractivity contribution in [3.63, 3.8) is 0 Å². The van der Waals surface area contributed by atoms with E-state index in [2.05, 4.69) is 31.0 Å². The fourth-order valence-electron chi connectivity index (χ4n) is 1.84.